The minimum Gasteiger partial charge on any atom is -0.368 e. The van der Waals surface area contributed by atoms with Crippen molar-refractivity contribution in [3.8, 4) is 0 Å². The van der Waals surface area contributed by atoms with E-state index in [2.05, 4.69) is 45.6 Å². The quantitative estimate of drug-likeness (QED) is 0.418. The number of hydrogen-bond acceptors (Lipinski definition) is 2. The molecule has 3 unspecified atom stereocenters. The van der Waals surface area contributed by atoms with Crippen LogP contribution in [0, 0.1) is 11.3 Å². The van der Waals surface area contributed by atoms with Gasteiger partial charge in [0.25, 0.3) is 0 Å². The highest BCUT2D eigenvalue weighted by Gasteiger charge is 2.37. The van der Waals surface area contributed by atoms with Gasteiger partial charge in [-0.2, -0.15) is 12.6 Å². The van der Waals surface area contributed by atoms with E-state index in [1.807, 2.05) is 0 Å². The lowest BCUT2D eigenvalue weighted by atomic mass is 9.68. The Bertz CT molecular complexity index is 191. The van der Waals surface area contributed by atoms with Crippen molar-refractivity contribution >= 4 is 12.6 Å². The fourth-order valence-electron chi connectivity index (χ4n) is 1.98. The zero-order valence-electron chi connectivity index (χ0n) is 8.79. The number of ether oxygens (including phenoxy) is 1. The third-order valence-corrected chi connectivity index (χ3v) is 3.74. The van der Waals surface area contributed by atoms with Crippen LogP contribution in [0.5, 0.6) is 0 Å². The van der Waals surface area contributed by atoms with Gasteiger partial charge in [0.15, 0.2) is 0 Å². The SMILES string of the molecule is CC1CC=CCC1(C)C(C)OCS. The van der Waals surface area contributed by atoms with Crippen molar-refractivity contribution < 1.29 is 4.74 Å². The fraction of sp³-hybridized carbons (Fsp3) is 0.818. The molecular formula is C11H20OS. The van der Waals surface area contributed by atoms with Gasteiger partial charge in [-0.25, -0.2) is 0 Å². The summed E-state index contributed by atoms with van der Waals surface area (Å²) in [6.45, 7) is 6.78. The molecule has 13 heavy (non-hydrogen) atoms. The molecule has 3 atom stereocenters. The van der Waals surface area contributed by atoms with Gasteiger partial charge >= 0.3 is 0 Å². The standard InChI is InChI=1S/C11H20OS/c1-9-6-4-5-7-11(9,3)10(2)12-8-13/h4-5,9-10,13H,6-8H2,1-3H3. The van der Waals surface area contributed by atoms with Gasteiger partial charge in [0.1, 0.15) is 0 Å². The molecule has 0 saturated carbocycles. The van der Waals surface area contributed by atoms with Crippen LogP contribution in [-0.2, 0) is 4.74 Å². The Kier molecular flexibility index (Phi) is 3.87. The van der Waals surface area contributed by atoms with E-state index in [9.17, 15) is 0 Å². The molecule has 0 N–H and O–H groups in total. The van der Waals surface area contributed by atoms with Crippen molar-refractivity contribution in [2.45, 2.75) is 39.7 Å². The topological polar surface area (TPSA) is 9.23 Å². The second-order valence-corrected chi connectivity index (χ2v) is 4.51. The Balaban J connectivity index is 2.67. The van der Waals surface area contributed by atoms with Crippen LogP contribution in [0.25, 0.3) is 0 Å². The van der Waals surface area contributed by atoms with Crippen LogP contribution >= 0.6 is 12.6 Å². The van der Waals surface area contributed by atoms with Crippen LogP contribution in [0.4, 0.5) is 0 Å². The Hall–Kier alpha value is 0.0500. The first kappa shape index (κ1) is 11.1. The molecule has 0 bridgehead atoms. The van der Waals surface area contributed by atoms with Crippen LogP contribution in [0.3, 0.4) is 0 Å². The molecule has 0 amide bonds. The van der Waals surface area contributed by atoms with E-state index < -0.39 is 0 Å². The van der Waals surface area contributed by atoms with Crippen molar-refractivity contribution in [1.29, 1.82) is 0 Å². The Morgan fingerprint density at radius 1 is 1.62 bits per heavy atom. The van der Waals surface area contributed by atoms with E-state index in [-0.39, 0.29) is 5.41 Å². The van der Waals surface area contributed by atoms with E-state index in [1.54, 1.807) is 0 Å². The van der Waals surface area contributed by atoms with Crippen molar-refractivity contribution in [3.05, 3.63) is 12.2 Å². The van der Waals surface area contributed by atoms with E-state index in [0.29, 0.717) is 18.0 Å². The summed E-state index contributed by atoms with van der Waals surface area (Å²) in [4.78, 5) is 0. The lowest BCUT2D eigenvalue weighted by Gasteiger charge is -2.41. The van der Waals surface area contributed by atoms with Gasteiger partial charge in [-0.3, -0.25) is 0 Å². The highest BCUT2D eigenvalue weighted by atomic mass is 32.1. The molecule has 0 fully saturated rings. The second kappa shape index (κ2) is 4.52. The zero-order chi connectivity index (χ0) is 9.90. The molecule has 0 aromatic heterocycles. The molecule has 0 radical (unpaired) electrons. The van der Waals surface area contributed by atoms with Gasteiger partial charge in [-0.05, 0) is 31.1 Å². The van der Waals surface area contributed by atoms with Crippen LogP contribution in [0.1, 0.15) is 33.6 Å². The maximum absolute atomic E-state index is 5.59. The van der Waals surface area contributed by atoms with Crippen LogP contribution < -0.4 is 0 Å². The van der Waals surface area contributed by atoms with E-state index in [0.717, 1.165) is 6.42 Å². The highest BCUT2D eigenvalue weighted by molar-refractivity contribution is 7.80. The monoisotopic (exact) mass is 200 g/mol. The van der Waals surface area contributed by atoms with Crippen LogP contribution in [0.15, 0.2) is 12.2 Å². The van der Waals surface area contributed by atoms with Gasteiger partial charge < -0.3 is 4.74 Å². The van der Waals surface area contributed by atoms with Crippen molar-refractivity contribution in [2.75, 3.05) is 5.94 Å². The first-order valence-corrected chi connectivity index (χ1v) is 5.62. The summed E-state index contributed by atoms with van der Waals surface area (Å²) in [5.74, 6) is 1.22. The van der Waals surface area contributed by atoms with E-state index in [1.165, 1.54) is 6.42 Å². The van der Waals surface area contributed by atoms with Gasteiger partial charge in [-0.15, -0.1) is 0 Å². The molecule has 0 heterocycles. The summed E-state index contributed by atoms with van der Waals surface area (Å²) in [6, 6.07) is 0. The maximum atomic E-state index is 5.59. The Morgan fingerprint density at radius 3 is 2.85 bits per heavy atom. The molecule has 1 rings (SSSR count). The normalized spacial score (nSPS) is 36.2. The number of allylic oxidation sites excluding steroid dienone is 2. The van der Waals surface area contributed by atoms with Gasteiger partial charge in [-0.1, -0.05) is 26.0 Å². The third kappa shape index (κ3) is 2.29. The molecule has 1 aliphatic rings. The largest absolute Gasteiger partial charge is 0.368 e. The van der Waals surface area contributed by atoms with Crippen molar-refractivity contribution in [1.82, 2.24) is 0 Å². The number of hydrogen-bond donors (Lipinski definition) is 1. The molecule has 0 saturated heterocycles. The van der Waals surface area contributed by atoms with E-state index in [4.69, 9.17) is 4.74 Å². The smallest absolute Gasteiger partial charge is 0.0896 e. The number of thiol groups is 1. The zero-order valence-corrected chi connectivity index (χ0v) is 9.68. The lowest BCUT2D eigenvalue weighted by molar-refractivity contribution is -0.0287. The number of rotatable bonds is 3. The first-order chi connectivity index (χ1) is 6.11. The molecule has 0 aromatic rings. The minimum absolute atomic E-state index is 0.289. The van der Waals surface area contributed by atoms with Gasteiger partial charge in [0.2, 0.25) is 0 Å². The molecule has 2 heteroatoms. The summed E-state index contributed by atoms with van der Waals surface area (Å²) in [7, 11) is 0. The average Bonchev–Trinajstić information content (AvgIpc) is 2.11. The second-order valence-electron chi connectivity index (χ2n) is 4.26. The average molecular weight is 200 g/mol. The van der Waals surface area contributed by atoms with Crippen LogP contribution in [-0.4, -0.2) is 12.0 Å². The highest BCUT2D eigenvalue weighted by Crippen LogP contribution is 2.41. The minimum atomic E-state index is 0.289. The molecule has 0 aromatic carbocycles. The summed E-state index contributed by atoms with van der Waals surface area (Å²) in [6.07, 6.45) is 7.16. The van der Waals surface area contributed by atoms with Crippen LogP contribution in [0.2, 0.25) is 0 Å². The van der Waals surface area contributed by atoms with Crippen molar-refractivity contribution in [2.24, 2.45) is 11.3 Å². The Labute approximate surface area is 87.0 Å². The fourth-order valence-corrected chi connectivity index (χ4v) is 2.20. The lowest BCUT2D eigenvalue weighted by Crippen LogP contribution is -2.38. The predicted octanol–water partition coefficient (Wildman–Crippen LogP) is 3.27. The third-order valence-electron chi connectivity index (χ3n) is 3.59. The maximum Gasteiger partial charge on any atom is 0.0896 e. The van der Waals surface area contributed by atoms with Gasteiger partial charge in [0.05, 0.1) is 12.0 Å². The predicted molar refractivity (Wildman–Crippen MR) is 60.0 cm³/mol. The molecule has 1 nitrogen and oxygen atoms in total. The first-order valence-electron chi connectivity index (χ1n) is 4.98. The van der Waals surface area contributed by atoms with Crippen molar-refractivity contribution in [3.63, 3.8) is 0 Å². The molecule has 1 aliphatic carbocycles. The molecular weight excluding hydrogens is 180 g/mol. The molecule has 76 valence electrons. The summed E-state index contributed by atoms with van der Waals surface area (Å²) in [5, 5.41) is 0. The Morgan fingerprint density at radius 2 is 2.31 bits per heavy atom. The van der Waals surface area contributed by atoms with E-state index >= 15 is 0 Å². The summed E-state index contributed by atoms with van der Waals surface area (Å²) < 4.78 is 5.59. The summed E-state index contributed by atoms with van der Waals surface area (Å²) in [5.41, 5.74) is 0.289. The summed E-state index contributed by atoms with van der Waals surface area (Å²) >= 11 is 4.11. The van der Waals surface area contributed by atoms with Gasteiger partial charge in [0, 0.05) is 0 Å². The molecule has 0 spiro atoms. The molecule has 0 aliphatic heterocycles.